The predicted molar refractivity (Wildman–Crippen MR) is 115 cm³/mol. The minimum atomic E-state index is -3.32. The highest BCUT2D eigenvalue weighted by Gasteiger charge is 2.33. The molecule has 0 N–H and O–H groups in total. The van der Waals surface area contributed by atoms with Crippen molar-refractivity contribution < 1.29 is 8.42 Å². The van der Waals surface area contributed by atoms with Crippen molar-refractivity contribution in [1.29, 1.82) is 0 Å². The van der Waals surface area contributed by atoms with Crippen LogP contribution in [0.3, 0.4) is 0 Å². The fourth-order valence-electron chi connectivity index (χ4n) is 4.49. The molecular formula is C23H33N3O2S. The van der Waals surface area contributed by atoms with E-state index in [0.29, 0.717) is 23.5 Å². The van der Waals surface area contributed by atoms with E-state index in [2.05, 4.69) is 41.2 Å². The minimum Gasteiger partial charge on any atom is -0.317 e. The van der Waals surface area contributed by atoms with Gasteiger partial charge in [0.25, 0.3) is 0 Å². The maximum atomic E-state index is 13.0. The largest absolute Gasteiger partial charge is 0.317 e. The lowest BCUT2D eigenvalue weighted by molar-refractivity contribution is 0.282. The second-order valence-electron chi connectivity index (χ2n) is 9.03. The lowest BCUT2D eigenvalue weighted by atomic mass is 9.89. The van der Waals surface area contributed by atoms with E-state index in [4.69, 9.17) is 0 Å². The Bertz CT molecular complexity index is 897. The van der Waals surface area contributed by atoms with Crippen LogP contribution >= 0.6 is 0 Å². The molecule has 0 spiro atoms. The molecule has 0 radical (unpaired) electrons. The van der Waals surface area contributed by atoms with E-state index >= 15 is 0 Å². The zero-order valence-electron chi connectivity index (χ0n) is 17.5. The summed E-state index contributed by atoms with van der Waals surface area (Å²) in [5.41, 5.74) is 2.28. The zero-order valence-corrected chi connectivity index (χ0v) is 18.3. The summed E-state index contributed by atoms with van der Waals surface area (Å²) in [5, 5.41) is 0.304. The van der Waals surface area contributed by atoms with Gasteiger partial charge in [-0.2, -0.15) is 0 Å². The molecule has 1 aromatic heterocycles. The van der Waals surface area contributed by atoms with E-state index in [1.807, 2.05) is 10.6 Å². The third-order valence-corrected chi connectivity index (χ3v) is 8.02. The molecule has 0 atom stereocenters. The summed E-state index contributed by atoms with van der Waals surface area (Å²) < 4.78 is 28.1. The van der Waals surface area contributed by atoms with E-state index in [1.165, 1.54) is 37.7 Å². The summed E-state index contributed by atoms with van der Waals surface area (Å²) in [4.78, 5) is 6.68. The van der Waals surface area contributed by atoms with E-state index in [9.17, 15) is 8.42 Å². The van der Waals surface area contributed by atoms with Crippen LogP contribution in [-0.4, -0.2) is 35.7 Å². The van der Waals surface area contributed by atoms with Crippen LogP contribution in [0.2, 0.25) is 0 Å². The van der Waals surface area contributed by atoms with Gasteiger partial charge in [0, 0.05) is 19.6 Å². The first-order valence-corrected chi connectivity index (χ1v) is 12.7. The van der Waals surface area contributed by atoms with Crippen LogP contribution in [0.1, 0.15) is 56.2 Å². The van der Waals surface area contributed by atoms with Crippen LogP contribution in [0.15, 0.2) is 41.7 Å². The molecule has 2 aliphatic carbocycles. The topological polar surface area (TPSA) is 55.2 Å². The maximum absolute atomic E-state index is 13.0. The number of hydrogen-bond acceptors (Lipinski definition) is 4. The second-order valence-corrected chi connectivity index (χ2v) is 11.0. The van der Waals surface area contributed by atoms with Crippen molar-refractivity contribution in [2.45, 2.75) is 69.7 Å². The molecule has 158 valence electrons. The summed E-state index contributed by atoms with van der Waals surface area (Å²) in [6.45, 7) is 2.32. The van der Waals surface area contributed by atoms with E-state index in [0.717, 1.165) is 31.6 Å². The number of aromatic nitrogens is 2. The third kappa shape index (κ3) is 5.48. The average Bonchev–Trinajstić information content (AvgIpc) is 3.42. The number of rotatable bonds is 9. The van der Waals surface area contributed by atoms with Gasteiger partial charge < -0.3 is 4.57 Å². The quantitative estimate of drug-likeness (QED) is 0.613. The van der Waals surface area contributed by atoms with Crippen LogP contribution in [0.4, 0.5) is 0 Å². The van der Waals surface area contributed by atoms with Crippen molar-refractivity contribution in [3.05, 3.63) is 47.8 Å². The number of nitrogens with zero attached hydrogens (tertiary/aromatic N) is 3. The van der Waals surface area contributed by atoms with Crippen LogP contribution in [-0.2, 0) is 29.5 Å². The summed E-state index contributed by atoms with van der Waals surface area (Å²) in [6, 6.07) is 10.4. The van der Waals surface area contributed by atoms with Gasteiger partial charge in [0.1, 0.15) is 0 Å². The molecule has 1 heterocycles. The third-order valence-electron chi connectivity index (χ3n) is 6.22. The molecule has 29 heavy (non-hydrogen) atoms. The van der Waals surface area contributed by atoms with E-state index in [1.54, 1.807) is 6.20 Å². The van der Waals surface area contributed by atoms with Gasteiger partial charge in [-0.25, -0.2) is 13.4 Å². The fourth-order valence-corrected chi connectivity index (χ4v) is 6.33. The second kappa shape index (κ2) is 9.00. The van der Waals surface area contributed by atoms with Crippen molar-refractivity contribution in [3.8, 4) is 0 Å². The fraction of sp³-hybridized carbons (Fsp3) is 0.609. The molecule has 2 aliphatic rings. The first-order chi connectivity index (χ1) is 14.0. The molecule has 0 amide bonds. The number of hydrogen-bond donors (Lipinski definition) is 0. The lowest BCUT2D eigenvalue weighted by Crippen LogP contribution is -2.24. The Balaban J connectivity index is 1.54. The summed E-state index contributed by atoms with van der Waals surface area (Å²) in [5.74, 6) is 1.16. The number of sulfone groups is 1. The standard InChI is InChI=1S/C23H33N3O2S/c1-25(15-19-8-4-2-5-9-19)17-22-14-24-23(29(27,28)18-21-12-13-21)26(22)16-20-10-6-3-7-11-20/h2,4-5,8-9,14,20-21H,3,6-7,10-13,15-18H2,1H3. The van der Waals surface area contributed by atoms with Crippen LogP contribution in [0, 0.1) is 11.8 Å². The van der Waals surface area contributed by atoms with Gasteiger partial charge in [0.2, 0.25) is 15.0 Å². The highest BCUT2D eigenvalue weighted by Crippen LogP contribution is 2.33. The Kier molecular flexibility index (Phi) is 6.40. The molecule has 0 saturated heterocycles. The van der Waals surface area contributed by atoms with Crippen LogP contribution in [0.25, 0.3) is 0 Å². The van der Waals surface area contributed by atoms with Crippen LogP contribution in [0.5, 0.6) is 0 Å². The number of benzene rings is 1. The Morgan fingerprint density at radius 2 is 1.72 bits per heavy atom. The lowest BCUT2D eigenvalue weighted by Gasteiger charge is -2.25. The monoisotopic (exact) mass is 415 g/mol. The molecule has 2 fully saturated rings. The summed E-state index contributed by atoms with van der Waals surface area (Å²) in [6.07, 6.45) is 10.1. The molecule has 1 aromatic carbocycles. The maximum Gasteiger partial charge on any atom is 0.227 e. The van der Waals surface area contributed by atoms with Crippen molar-refractivity contribution in [2.75, 3.05) is 12.8 Å². The van der Waals surface area contributed by atoms with Gasteiger partial charge in [-0.05, 0) is 50.1 Å². The molecular weight excluding hydrogens is 382 g/mol. The van der Waals surface area contributed by atoms with E-state index in [-0.39, 0.29) is 5.75 Å². The molecule has 0 unspecified atom stereocenters. The summed E-state index contributed by atoms with van der Waals surface area (Å²) in [7, 11) is -1.23. The van der Waals surface area contributed by atoms with Gasteiger partial charge in [0.05, 0.1) is 17.6 Å². The van der Waals surface area contributed by atoms with E-state index < -0.39 is 9.84 Å². The molecule has 0 bridgehead atoms. The molecule has 0 aliphatic heterocycles. The van der Waals surface area contributed by atoms with Gasteiger partial charge in [0.15, 0.2) is 0 Å². The first-order valence-electron chi connectivity index (χ1n) is 11.0. The molecule has 6 heteroatoms. The molecule has 5 nitrogen and oxygen atoms in total. The van der Waals surface area contributed by atoms with Crippen LogP contribution < -0.4 is 0 Å². The van der Waals surface area contributed by atoms with Gasteiger partial charge in [-0.1, -0.05) is 49.6 Å². The molecule has 2 aromatic rings. The van der Waals surface area contributed by atoms with Crippen molar-refractivity contribution in [1.82, 2.24) is 14.5 Å². The first kappa shape index (κ1) is 20.6. The average molecular weight is 416 g/mol. The normalized spacial score (nSPS) is 18.4. The smallest absolute Gasteiger partial charge is 0.227 e. The highest BCUT2D eigenvalue weighted by molar-refractivity contribution is 7.91. The Hall–Kier alpha value is -1.66. The summed E-state index contributed by atoms with van der Waals surface area (Å²) >= 11 is 0. The zero-order chi connectivity index (χ0) is 20.3. The highest BCUT2D eigenvalue weighted by atomic mass is 32.2. The minimum absolute atomic E-state index is 0.258. The van der Waals surface area contributed by atoms with Crippen molar-refractivity contribution >= 4 is 9.84 Å². The van der Waals surface area contributed by atoms with Crippen molar-refractivity contribution in [3.63, 3.8) is 0 Å². The molecule has 4 rings (SSSR count). The Morgan fingerprint density at radius 3 is 2.41 bits per heavy atom. The van der Waals surface area contributed by atoms with Gasteiger partial charge >= 0.3 is 0 Å². The predicted octanol–water partition coefficient (Wildman–Crippen LogP) is 4.28. The Labute approximate surface area is 175 Å². The van der Waals surface area contributed by atoms with Gasteiger partial charge in [-0.15, -0.1) is 0 Å². The Morgan fingerprint density at radius 1 is 1.00 bits per heavy atom. The molecule has 2 saturated carbocycles. The SMILES string of the molecule is CN(Cc1ccccc1)Cc1cnc(S(=O)(=O)CC2CC2)n1CC1CCCCC1. The van der Waals surface area contributed by atoms with Gasteiger partial charge in [-0.3, -0.25) is 4.90 Å². The number of imidazole rings is 1. The van der Waals surface area contributed by atoms with Crippen molar-refractivity contribution in [2.24, 2.45) is 11.8 Å².